The zero-order valence-corrected chi connectivity index (χ0v) is 69.4. The molecule has 0 saturated carbocycles. The molecule has 24 heteroatoms. The first-order valence-corrected chi connectivity index (χ1v) is 45.4. The fourth-order valence-corrected chi connectivity index (χ4v) is 15.1. The summed E-state index contributed by atoms with van der Waals surface area (Å²) >= 11 is 0. The van der Waals surface area contributed by atoms with E-state index in [0.717, 1.165) is 212 Å². The topological polar surface area (TPSA) is 339 Å². The normalized spacial score (nSPS) is 21.1. The van der Waals surface area contributed by atoms with Crippen LogP contribution in [0.3, 0.4) is 0 Å². The Morgan fingerprint density at radius 1 is 0.370 bits per heavy atom. The molecule has 0 aromatic carbocycles. The first-order chi connectivity index (χ1) is 52.2. The number of rotatable bonds is 72. The fourth-order valence-electron chi connectivity index (χ4n) is 14.6. The van der Waals surface area contributed by atoms with Gasteiger partial charge < -0.3 is 74.0 Å². The summed E-state index contributed by atoms with van der Waals surface area (Å²) in [5.41, 5.74) is 0. The number of ether oxygens (including phenoxy) is 7. The number of nitrogens with one attached hydrogen (secondary N) is 2. The zero-order chi connectivity index (χ0) is 79.3. The highest BCUT2D eigenvalue weighted by Gasteiger charge is 2.53. The van der Waals surface area contributed by atoms with Gasteiger partial charge in [0.2, 0.25) is 11.8 Å². The number of phosphoric ester groups is 1. The third-order valence-electron chi connectivity index (χ3n) is 21.1. The summed E-state index contributed by atoms with van der Waals surface area (Å²) < 4.78 is 60.9. The molecule has 0 aromatic heterocycles. The monoisotopic (exact) mass is 1560 g/mol. The number of amides is 2. The molecule has 13 atom stereocenters. The fraction of sp³-hybridized carbons (Fsp3) is 0.929. The standard InChI is InChI=1S/C84H157N2O21P/c1-7-13-19-25-31-34-40-43-49-55-66(101-73(90)58-52-46-37-28-22-16-10-4)61-71(88)85-77-80(95)79(94)70(104-83(77)96)65-100-84-78(86-72(89)62-67(56-50-44-41-35-32-26-20-14-8-2)102-74(91)59-53-47-38-29-23-17-11-5)82(81(69(64-87)105-84)107-108(97,98)99)106-76(93)63-68(57-51-45-42-36-33-27-21-15-9-3)103-75(92)60-54-48-39-30-24-18-12-6/h66-70,77-84,87,94-96H,7-65H2,1-6H3,(H,85,88)(H,86,89)(H2,97,98,99)/t66-,67-,68-,69-,70-,77-,78-,79-,80-,81-,82-,83?,84-/m1/s1. The van der Waals surface area contributed by atoms with E-state index in [4.69, 9.17) is 37.7 Å². The highest BCUT2D eigenvalue weighted by Crippen LogP contribution is 2.43. The van der Waals surface area contributed by atoms with Crippen molar-refractivity contribution in [3.8, 4) is 0 Å². The molecule has 1 unspecified atom stereocenters. The number of carbonyl (C=O) groups excluding carboxylic acids is 6. The minimum absolute atomic E-state index is 0.121. The summed E-state index contributed by atoms with van der Waals surface area (Å²) in [6, 6.07) is -3.37. The van der Waals surface area contributed by atoms with Gasteiger partial charge in [-0.25, -0.2) is 4.57 Å². The molecule has 2 saturated heterocycles. The Bertz CT molecular complexity index is 2300. The Labute approximate surface area is 652 Å². The molecular formula is C84H157N2O21P. The highest BCUT2D eigenvalue weighted by atomic mass is 31.2. The lowest BCUT2D eigenvalue weighted by Crippen LogP contribution is -2.67. The predicted molar refractivity (Wildman–Crippen MR) is 422 cm³/mol. The van der Waals surface area contributed by atoms with Crippen LogP contribution in [0.5, 0.6) is 0 Å². The van der Waals surface area contributed by atoms with Gasteiger partial charge in [0.1, 0.15) is 60.9 Å². The molecule has 0 radical (unpaired) electrons. The molecule has 0 spiro atoms. The molecule has 0 aliphatic carbocycles. The van der Waals surface area contributed by atoms with Gasteiger partial charge in [-0.05, 0) is 57.8 Å². The molecule has 2 aliphatic heterocycles. The minimum atomic E-state index is -5.57. The first kappa shape index (κ1) is 101. The van der Waals surface area contributed by atoms with Crippen molar-refractivity contribution in [2.24, 2.45) is 0 Å². The van der Waals surface area contributed by atoms with Crippen LogP contribution < -0.4 is 10.6 Å². The summed E-state index contributed by atoms with van der Waals surface area (Å²) in [6.07, 6.45) is 31.1. The Balaban J connectivity index is 2.60. The summed E-state index contributed by atoms with van der Waals surface area (Å²) in [5, 5.41) is 51.4. The maximum Gasteiger partial charge on any atom is 0.470 e. The number of unbranched alkanes of at least 4 members (excludes halogenated alkanes) is 42. The Morgan fingerprint density at radius 3 is 1.00 bits per heavy atom. The van der Waals surface area contributed by atoms with Crippen molar-refractivity contribution in [3.63, 3.8) is 0 Å². The first-order valence-electron chi connectivity index (χ1n) is 43.9. The van der Waals surface area contributed by atoms with Gasteiger partial charge in [-0.2, -0.15) is 0 Å². The van der Waals surface area contributed by atoms with Crippen LogP contribution in [0.15, 0.2) is 0 Å². The van der Waals surface area contributed by atoms with E-state index in [1.165, 1.54) is 57.8 Å². The largest absolute Gasteiger partial charge is 0.470 e. The van der Waals surface area contributed by atoms with Gasteiger partial charge >= 0.3 is 31.7 Å². The second-order valence-electron chi connectivity index (χ2n) is 31.2. The third kappa shape index (κ3) is 50.7. The summed E-state index contributed by atoms with van der Waals surface area (Å²) in [4.78, 5) is 105. The zero-order valence-electron chi connectivity index (χ0n) is 68.5. The average molecular weight is 1560 g/mol. The second kappa shape index (κ2) is 66.0. The van der Waals surface area contributed by atoms with E-state index in [0.29, 0.717) is 51.4 Å². The summed E-state index contributed by atoms with van der Waals surface area (Å²) in [7, 11) is -5.57. The van der Waals surface area contributed by atoms with Crippen LogP contribution in [0.4, 0.5) is 0 Å². The number of aliphatic hydroxyl groups is 4. The molecule has 2 aliphatic rings. The van der Waals surface area contributed by atoms with Gasteiger partial charge in [-0.1, -0.05) is 311 Å². The molecule has 2 amide bonds. The van der Waals surface area contributed by atoms with E-state index in [1.807, 2.05) is 0 Å². The van der Waals surface area contributed by atoms with Crippen molar-refractivity contribution in [3.05, 3.63) is 0 Å². The lowest BCUT2D eigenvalue weighted by molar-refractivity contribution is -0.297. The van der Waals surface area contributed by atoms with E-state index in [9.17, 15) is 63.5 Å². The molecule has 0 bridgehead atoms. The van der Waals surface area contributed by atoms with Gasteiger partial charge in [0.15, 0.2) is 18.7 Å². The van der Waals surface area contributed by atoms with E-state index < -0.39 is 149 Å². The highest BCUT2D eigenvalue weighted by molar-refractivity contribution is 7.46. The second-order valence-corrected chi connectivity index (χ2v) is 32.4. The van der Waals surface area contributed by atoms with Gasteiger partial charge in [0.25, 0.3) is 0 Å². The van der Waals surface area contributed by atoms with Crippen molar-refractivity contribution in [2.75, 3.05) is 13.2 Å². The van der Waals surface area contributed by atoms with E-state index in [2.05, 4.69) is 52.2 Å². The van der Waals surface area contributed by atoms with E-state index >= 15 is 0 Å². The van der Waals surface area contributed by atoms with Crippen LogP contribution in [-0.2, 0) is 71.0 Å². The number of esters is 4. The lowest BCUT2D eigenvalue weighted by atomic mass is 9.95. The third-order valence-corrected chi connectivity index (χ3v) is 21.6. The van der Waals surface area contributed by atoms with Crippen molar-refractivity contribution in [1.29, 1.82) is 0 Å². The molecule has 8 N–H and O–H groups in total. The van der Waals surface area contributed by atoms with Crippen molar-refractivity contribution < 1.29 is 101 Å². The van der Waals surface area contributed by atoms with E-state index in [1.54, 1.807) is 0 Å². The predicted octanol–water partition coefficient (Wildman–Crippen LogP) is 17.6. The summed E-state index contributed by atoms with van der Waals surface area (Å²) in [5.74, 6) is -3.89. The number of aliphatic hydroxyl groups excluding tert-OH is 4. The Kier molecular flexibility index (Phi) is 61.5. The van der Waals surface area contributed by atoms with Crippen LogP contribution in [0.25, 0.3) is 0 Å². The van der Waals surface area contributed by atoms with Crippen molar-refractivity contribution >= 4 is 43.5 Å². The maximum absolute atomic E-state index is 14.9. The molecule has 2 rings (SSSR count). The summed E-state index contributed by atoms with van der Waals surface area (Å²) in [6.45, 7) is 11.2. The SMILES string of the molecule is CCCCCCCCCCC[C@H](CC(=O)N[C@H]1[C@H](OC[C@H]2OC(O)[C@H](NC(=O)C[C@@H](CCCCCCCCCCC)OC(=O)CCCCCCCCC)[C@@H](O)[C@@H]2O)O[C@H](CO)[C@@H](OP(=O)(O)O)[C@@H]1OC(=O)C[C@@H](CCCCCCCCCCC)OC(=O)CCCCCCCCC)OC(=O)CCCCCCCCC. The van der Waals surface area contributed by atoms with Gasteiger partial charge in [0.05, 0.1) is 32.5 Å². The Hall–Kier alpha value is -3.35. The number of carbonyl (C=O) groups is 6. The quantitative estimate of drug-likeness (QED) is 0.0121. The molecule has 634 valence electrons. The van der Waals surface area contributed by atoms with E-state index in [-0.39, 0.29) is 32.1 Å². The molecule has 23 nitrogen and oxygen atoms in total. The Morgan fingerprint density at radius 2 is 0.676 bits per heavy atom. The lowest BCUT2D eigenvalue weighted by Gasteiger charge is -2.46. The smallest absolute Gasteiger partial charge is 0.462 e. The van der Waals surface area contributed by atoms with Gasteiger partial charge in [0, 0.05) is 19.3 Å². The molecule has 2 fully saturated rings. The van der Waals surface area contributed by atoms with Crippen LogP contribution in [0.2, 0.25) is 0 Å². The van der Waals surface area contributed by atoms with Crippen LogP contribution in [0, 0.1) is 0 Å². The van der Waals surface area contributed by atoms with Gasteiger partial charge in [-0.15, -0.1) is 0 Å². The van der Waals surface area contributed by atoms with Crippen LogP contribution >= 0.6 is 7.82 Å². The molecular weight excluding hydrogens is 1400 g/mol. The number of hydrogen-bond donors (Lipinski definition) is 8. The molecule has 0 aromatic rings. The maximum atomic E-state index is 14.9. The number of phosphoric acid groups is 1. The molecule has 108 heavy (non-hydrogen) atoms. The number of hydrogen-bond acceptors (Lipinski definition) is 19. The van der Waals surface area contributed by atoms with Gasteiger partial charge in [-0.3, -0.25) is 33.3 Å². The van der Waals surface area contributed by atoms with Crippen molar-refractivity contribution in [2.45, 2.75) is 487 Å². The minimum Gasteiger partial charge on any atom is -0.462 e. The van der Waals surface area contributed by atoms with Crippen molar-refractivity contribution in [1.82, 2.24) is 10.6 Å². The average Bonchev–Trinajstić information content (AvgIpc) is 0.780. The van der Waals surface area contributed by atoms with Crippen LogP contribution in [0.1, 0.15) is 408 Å². The van der Waals surface area contributed by atoms with Crippen LogP contribution in [-0.4, -0.2) is 159 Å². The molecule has 2 heterocycles.